The second-order valence-electron chi connectivity index (χ2n) is 5.16. The van der Waals surface area contributed by atoms with Crippen molar-refractivity contribution in [1.29, 1.82) is 0 Å². The number of carbonyl (C=O) groups is 3. The fraction of sp³-hybridized carbons (Fsp3) is 0.400. The van der Waals surface area contributed by atoms with Gasteiger partial charge in [0.2, 0.25) is 17.7 Å². The smallest absolute Gasteiger partial charge is 0.352 e. The number of carbonyl (C=O) groups excluding carboxylic acids is 3. The number of hydrogen-bond acceptors (Lipinski definition) is 3. The van der Waals surface area contributed by atoms with E-state index in [1.807, 2.05) is 0 Å². The number of alkyl halides is 3. The lowest BCUT2D eigenvalue weighted by Crippen LogP contribution is -2.34. The van der Waals surface area contributed by atoms with Crippen LogP contribution in [0.1, 0.15) is 30.4 Å². The van der Waals surface area contributed by atoms with Gasteiger partial charge in [-0.25, -0.2) is 0 Å². The highest BCUT2D eigenvalue weighted by molar-refractivity contribution is 6.02. The van der Waals surface area contributed by atoms with Crippen LogP contribution in [-0.4, -0.2) is 29.2 Å². The van der Waals surface area contributed by atoms with Crippen molar-refractivity contribution in [2.24, 2.45) is 0 Å². The first-order valence-corrected chi connectivity index (χ1v) is 7.03. The quantitative estimate of drug-likeness (QED) is 0.839. The van der Waals surface area contributed by atoms with Crippen LogP contribution in [0, 0.1) is 0 Å². The third kappa shape index (κ3) is 4.54. The summed E-state index contributed by atoms with van der Waals surface area (Å²) in [5, 5.41) is 2.48. The monoisotopic (exact) mass is 328 g/mol. The Bertz CT molecular complexity index is 613. The standard InChI is InChI=1S/C15H15F3N2O3/c16-15(17,18)11-3-1-2-10(8-11)9-19-12(21)6-7-20-13(22)4-5-14(20)23/h1-3,8H,4-7,9H2,(H,19,21). The molecule has 1 aliphatic heterocycles. The molecule has 0 spiro atoms. The van der Waals surface area contributed by atoms with Crippen LogP contribution in [0.3, 0.4) is 0 Å². The molecule has 1 N–H and O–H groups in total. The van der Waals surface area contributed by atoms with Crippen LogP contribution in [0.15, 0.2) is 24.3 Å². The third-order valence-corrected chi connectivity index (χ3v) is 3.46. The molecule has 124 valence electrons. The number of likely N-dealkylation sites (tertiary alicyclic amines) is 1. The van der Waals surface area contributed by atoms with Gasteiger partial charge < -0.3 is 5.32 Å². The van der Waals surface area contributed by atoms with Crippen LogP contribution < -0.4 is 5.32 Å². The number of imide groups is 1. The van der Waals surface area contributed by atoms with E-state index in [0.29, 0.717) is 5.56 Å². The Kier molecular flexibility index (Phi) is 5.02. The Balaban J connectivity index is 1.83. The SMILES string of the molecule is O=C(CCN1C(=O)CCC1=O)NCc1cccc(C(F)(F)F)c1. The van der Waals surface area contributed by atoms with Crippen molar-refractivity contribution in [3.8, 4) is 0 Å². The summed E-state index contributed by atoms with van der Waals surface area (Å²) < 4.78 is 37.7. The van der Waals surface area contributed by atoms with Crippen molar-refractivity contribution < 1.29 is 27.6 Å². The summed E-state index contributed by atoms with van der Waals surface area (Å²) in [6.45, 7) is -0.0588. The van der Waals surface area contributed by atoms with Crippen molar-refractivity contribution in [2.45, 2.75) is 32.0 Å². The molecule has 5 nitrogen and oxygen atoms in total. The van der Waals surface area contributed by atoms with E-state index in [1.165, 1.54) is 12.1 Å². The molecule has 0 saturated carbocycles. The lowest BCUT2D eigenvalue weighted by Gasteiger charge is -2.13. The van der Waals surface area contributed by atoms with E-state index < -0.39 is 17.6 Å². The zero-order valence-electron chi connectivity index (χ0n) is 12.2. The van der Waals surface area contributed by atoms with Gasteiger partial charge in [-0.15, -0.1) is 0 Å². The molecule has 0 aliphatic carbocycles. The van der Waals surface area contributed by atoms with Crippen molar-refractivity contribution in [1.82, 2.24) is 10.2 Å². The molecule has 0 aromatic heterocycles. The molecule has 0 atom stereocenters. The zero-order chi connectivity index (χ0) is 17.0. The third-order valence-electron chi connectivity index (χ3n) is 3.46. The highest BCUT2D eigenvalue weighted by Gasteiger charge is 2.30. The van der Waals surface area contributed by atoms with Crippen LogP contribution in [0.5, 0.6) is 0 Å². The molecule has 0 bridgehead atoms. The lowest BCUT2D eigenvalue weighted by atomic mass is 10.1. The zero-order valence-corrected chi connectivity index (χ0v) is 12.2. The molecule has 3 amide bonds. The highest BCUT2D eigenvalue weighted by Crippen LogP contribution is 2.29. The van der Waals surface area contributed by atoms with E-state index in [-0.39, 0.29) is 44.2 Å². The van der Waals surface area contributed by atoms with Crippen LogP contribution in [0.4, 0.5) is 13.2 Å². The van der Waals surface area contributed by atoms with Gasteiger partial charge in [0.15, 0.2) is 0 Å². The molecule has 23 heavy (non-hydrogen) atoms. The number of amides is 3. The van der Waals surface area contributed by atoms with Gasteiger partial charge in [-0.1, -0.05) is 12.1 Å². The molecular weight excluding hydrogens is 313 g/mol. The maximum atomic E-state index is 12.6. The normalized spacial score (nSPS) is 15.2. The van der Waals surface area contributed by atoms with Crippen molar-refractivity contribution in [2.75, 3.05) is 6.54 Å². The minimum Gasteiger partial charge on any atom is -0.352 e. The lowest BCUT2D eigenvalue weighted by molar-refractivity contribution is -0.139. The van der Waals surface area contributed by atoms with Crippen LogP contribution in [-0.2, 0) is 27.1 Å². The molecule has 8 heteroatoms. The van der Waals surface area contributed by atoms with Gasteiger partial charge in [0.25, 0.3) is 0 Å². The second kappa shape index (κ2) is 6.80. The molecule has 0 unspecified atom stereocenters. The number of halogens is 3. The largest absolute Gasteiger partial charge is 0.416 e. The molecule has 1 aromatic carbocycles. The molecule has 0 radical (unpaired) electrons. The average molecular weight is 328 g/mol. The summed E-state index contributed by atoms with van der Waals surface area (Å²) in [7, 11) is 0. The van der Waals surface area contributed by atoms with E-state index in [0.717, 1.165) is 17.0 Å². The molecular formula is C15H15F3N2O3. The molecule has 1 aromatic rings. The number of rotatable bonds is 5. The van der Waals surface area contributed by atoms with Gasteiger partial charge in [-0.05, 0) is 17.7 Å². The summed E-state index contributed by atoms with van der Waals surface area (Å²) >= 11 is 0. The van der Waals surface area contributed by atoms with E-state index in [2.05, 4.69) is 5.32 Å². The summed E-state index contributed by atoms with van der Waals surface area (Å²) in [6.07, 6.45) is -4.19. The van der Waals surface area contributed by atoms with E-state index in [1.54, 1.807) is 0 Å². The van der Waals surface area contributed by atoms with Crippen molar-refractivity contribution in [3.63, 3.8) is 0 Å². The Morgan fingerprint density at radius 2 is 1.83 bits per heavy atom. The van der Waals surface area contributed by atoms with Crippen LogP contribution in [0.2, 0.25) is 0 Å². The summed E-state index contributed by atoms with van der Waals surface area (Å²) in [4.78, 5) is 35.5. The number of nitrogens with zero attached hydrogens (tertiary/aromatic N) is 1. The Morgan fingerprint density at radius 1 is 1.17 bits per heavy atom. The van der Waals surface area contributed by atoms with Gasteiger partial charge in [0.1, 0.15) is 0 Å². The molecule has 1 saturated heterocycles. The molecule has 1 aliphatic rings. The van der Waals surface area contributed by atoms with E-state index >= 15 is 0 Å². The first-order valence-electron chi connectivity index (χ1n) is 7.03. The number of hydrogen-bond donors (Lipinski definition) is 1. The first-order chi connectivity index (χ1) is 10.8. The molecule has 1 fully saturated rings. The maximum Gasteiger partial charge on any atom is 0.416 e. The van der Waals surface area contributed by atoms with Crippen LogP contribution in [0.25, 0.3) is 0 Å². The average Bonchev–Trinajstić information content (AvgIpc) is 2.81. The predicted octanol–water partition coefficient (Wildman–Crippen LogP) is 1.86. The fourth-order valence-electron chi connectivity index (χ4n) is 2.23. The van der Waals surface area contributed by atoms with E-state index in [4.69, 9.17) is 0 Å². The van der Waals surface area contributed by atoms with Gasteiger partial charge in [-0.2, -0.15) is 13.2 Å². The first kappa shape index (κ1) is 17.0. The second-order valence-corrected chi connectivity index (χ2v) is 5.16. The number of nitrogens with one attached hydrogen (secondary N) is 1. The Morgan fingerprint density at radius 3 is 2.43 bits per heavy atom. The number of benzene rings is 1. The summed E-state index contributed by atoms with van der Waals surface area (Å²) in [6, 6.07) is 4.67. The Labute approximate surface area is 130 Å². The minimum atomic E-state index is -4.43. The highest BCUT2D eigenvalue weighted by atomic mass is 19.4. The Hall–Kier alpha value is -2.38. The topological polar surface area (TPSA) is 66.5 Å². The van der Waals surface area contributed by atoms with Gasteiger partial charge in [0.05, 0.1) is 5.56 Å². The fourth-order valence-corrected chi connectivity index (χ4v) is 2.23. The minimum absolute atomic E-state index is 0.00785. The van der Waals surface area contributed by atoms with Crippen molar-refractivity contribution in [3.05, 3.63) is 35.4 Å². The van der Waals surface area contributed by atoms with Crippen molar-refractivity contribution >= 4 is 17.7 Å². The van der Waals surface area contributed by atoms with Crippen LogP contribution >= 0.6 is 0 Å². The summed E-state index contributed by atoms with van der Waals surface area (Å²) in [5.41, 5.74) is -0.459. The summed E-state index contributed by atoms with van der Waals surface area (Å²) in [5.74, 6) is -1.05. The van der Waals surface area contributed by atoms with Gasteiger partial charge >= 0.3 is 6.18 Å². The predicted molar refractivity (Wildman–Crippen MR) is 73.9 cm³/mol. The van der Waals surface area contributed by atoms with E-state index in [9.17, 15) is 27.6 Å². The van der Waals surface area contributed by atoms with Gasteiger partial charge in [-0.3, -0.25) is 19.3 Å². The molecule has 2 rings (SSSR count). The van der Waals surface area contributed by atoms with Gasteiger partial charge in [0, 0.05) is 32.4 Å². The molecule has 1 heterocycles. The maximum absolute atomic E-state index is 12.6.